The number of anilines is 1. The smallest absolute Gasteiger partial charge is 0.251 e. The van der Waals surface area contributed by atoms with E-state index in [1.165, 1.54) is 0 Å². The summed E-state index contributed by atoms with van der Waals surface area (Å²) in [5, 5.41) is 3.42. The first kappa shape index (κ1) is 20.2. The van der Waals surface area contributed by atoms with Crippen LogP contribution in [0, 0.1) is 0 Å². The molecule has 0 bridgehead atoms. The molecule has 28 heavy (non-hydrogen) atoms. The van der Waals surface area contributed by atoms with Crippen LogP contribution in [-0.4, -0.2) is 56.5 Å². The number of amides is 2. The van der Waals surface area contributed by atoms with E-state index in [1.807, 2.05) is 30.3 Å². The number of rotatable bonds is 6. The maximum Gasteiger partial charge on any atom is 0.251 e. The van der Waals surface area contributed by atoms with Crippen LogP contribution >= 0.6 is 11.6 Å². The van der Waals surface area contributed by atoms with Gasteiger partial charge in [-0.25, -0.2) is 0 Å². The number of hydrogen-bond acceptors (Lipinski definition) is 4. The fourth-order valence-electron chi connectivity index (χ4n) is 3.23. The van der Waals surface area contributed by atoms with Crippen LogP contribution in [0.2, 0.25) is 5.02 Å². The highest BCUT2D eigenvalue weighted by molar-refractivity contribution is 6.30. The SMILES string of the molecule is COCc1cccc(C(=O)NCC(=O)N2CCN(c3cccc(Cl)c3)CC2)c1. The quantitative estimate of drug-likeness (QED) is 0.808. The van der Waals surface area contributed by atoms with Gasteiger partial charge in [-0.2, -0.15) is 0 Å². The second kappa shape index (κ2) is 9.57. The molecule has 0 atom stereocenters. The largest absolute Gasteiger partial charge is 0.380 e. The fourth-order valence-corrected chi connectivity index (χ4v) is 3.41. The van der Waals surface area contributed by atoms with Gasteiger partial charge in [-0.3, -0.25) is 9.59 Å². The summed E-state index contributed by atoms with van der Waals surface area (Å²) in [6.45, 7) is 3.13. The first-order chi connectivity index (χ1) is 13.6. The number of benzene rings is 2. The van der Waals surface area contributed by atoms with Gasteiger partial charge in [-0.05, 0) is 35.9 Å². The highest BCUT2D eigenvalue weighted by Crippen LogP contribution is 2.20. The molecule has 1 N–H and O–H groups in total. The molecular weight excluding hydrogens is 378 g/mol. The molecule has 0 saturated carbocycles. The molecule has 0 aromatic heterocycles. The van der Waals surface area contributed by atoms with E-state index in [-0.39, 0.29) is 18.4 Å². The molecule has 1 heterocycles. The van der Waals surface area contributed by atoms with Crippen LogP contribution in [0.4, 0.5) is 5.69 Å². The molecule has 0 unspecified atom stereocenters. The summed E-state index contributed by atoms with van der Waals surface area (Å²) >= 11 is 6.05. The zero-order chi connectivity index (χ0) is 19.9. The summed E-state index contributed by atoms with van der Waals surface area (Å²) in [6, 6.07) is 14.9. The maximum atomic E-state index is 12.5. The summed E-state index contributed by atoms with van der Waals surface area (Å²) in [7, 11) is 1.61. The van der Waals surface area contributed by atoms with Gasteiger partial charge in [0.25, 0.3) is 5.91 Å². The van der Waals surface area contributed by atoms with Crippen molar-refractivity contribution in [3.63, 3.8) is 0 Å². The van der Waals surface area contributed by atoms with Gasteiger partial charge in [0.2, 0.25) is 5.91 Å². The number of nitrogens with one attached hydrogen (secondary N) is 1. The lowest BCUT2D eigenvalue weighted by atomic mass is 10.1. The first-order valence-corrected chi connectivity index (χ1v) is 9.59. The van der Waals surface area contributed by atoms with Crippen molar-refractivity contribution in [2.24, 2.45) is 0 Å². The van der Waals surface area contributed by atoms with E-state index >= 15 is 0 Å². The van der Waals surface area contributed by atoms with Crippen molar-refractivity contribution < 1.29 is 14.3 Å². The summed E-state index contributed by atoms with van der Waals surface area (Å²) in [5.74, 6) is -0.337. The van der Waals surface area contributed by atoms with Crippen molar-refractivity contribution in [3.8, 4) is 0 Å². The fraction of sp³-hybridized carbons (Fsp3) is 0.333. The Morgan fingerprint density at radius 3 is 2.54 bits per heavy atom. The minimum atomic E-state index is -0.260. The lowest BCUT2D eigenvalue weighted by Crippen LogP contribution is -2.51. The summed E-state index contributed by atoms with van der Waals surface area (Å²) in [6.07, 6.45) is 0. The van der Waals surface area contributed by atoms with Gasteiger partial charge >= 0.3 is 0 Å². The molecule has 1 fully saturated rings. The second-order valence-electron chi connectivity index (χ2n) is 6.66. The summed E-state index contributed by atoms with van der Waals surface area (Å²) < 4.78 is 5.08. The predicted molar refractivity (Wildman–Crippen MR) is 110 cm³/mol. The summed E-state index contributed by atoms with van der Waals surface area (Å²) in [4.78, 5) is 28.8. The summed E-state index contributed by atoms with van der Waals surface area (Å²) in [5.41, 5.74) is 2.50. The minimum absolute atomic E-state index is 0.00942. The van der Waals surface area contributed by atoms with Gasteiger partial charge in [0, 0.05) is 49.6 Å². The number of ether oxygens (including phenoxy) is 1. The van der Waals surface area contributed by atoms with Crippen LogP contribution < -0.4 is 10.2 Å². The van der Waals surface area contributed by atoms with Gasteiger partial charge in [-0.15, -0.1) is 0 Å². The molecule has 148 valence electrons. The van der Waals surface area contributed by atoms with Crippen molar-refractivity contribution in [1.82, 2.24) is 10.2 Å². The Bertz CT molecular complexity index is 835. The number of halogens is 1. The maximum absolute atomic E-state index is 12.5. The van der Waals surface area contributed by atoms with Crippen LogP contribution in [0.3, 0.4) is 0 Å². The Morgan fingerprint density at radius 2 is 1.82 bits per heavy atom. The van der Waals surface area contributed by atoms with Crippen molar-refractivity contribution in [3.05, 3.63) is 64.7 Å². The highest BCUT2D eigenvalue weighted by Gasteiger charge is 2.21. The van der Waals surface area contributed by atoms with E-state index in [0.29, 0.717) is 30.3 Å². The molecule has 2 aromatic rings. The standard InChI is InChI=1S/C21H24ClN3O3/c1-28-15-16-4-2-5-17(12-16)21(27)23-14-20(26)25-10-8-24(9-11-25)19-7-3-6-18(22)13-19/h2-7,12-13H,8-11,14-15H2,1H3,(H,23,27). The van der Waals surface area contributed by atoms with Crippen LogP contribution in [-0.2, 0) is 16.1 Å². The molecule has 3 rings (SSSR count). The van der Waals surface area contributed by atoms with Crippen molar-refractivity contribution in [2.45, 2.75) is 6.61 Å². The van der Waals surface area contributed by atoms with E-state index in [9.17, 15) is 9.59 Å². The molecule has 1 aliphatic heterocycles. The third-order valence-electron chi connectivity index (χ3n) is 4.71. The Kier molecular flexibility index (Phi) is 6.90. The van der Waals surface area contributed by atoms with Crippen LogP contribution in [0.5, 0.6) is 0 Å². The van der Waals surface area contributed by atoms with Crippen molar-refractivity contribution >= 4 is 29.1 Å². The number of nitrogens with zero attached hydrogens (tertiary/aromatic N) is 2. The van der Waals surface area contributed by atoms with Crippen LogP contribution in [0.15, 0.2) is 48.5 Å². The molecule has 1 saturated heterocycles. The normalized spacial score (nSPS) is 14.1. The van der Waals surface area contributed by atoms with E-state index in [0.717, 1.165) is 24.3 Å². The third-order valence-corrected chi connectivity index (χ3v) is 4.94. The zero-order valence-corrected chi connectivity index (χ0v) is 16.6. The van der Waals surface area contributed by atoms with E-state index in [2.05, 4.69) is 10.2 Å². The molecular formula is C21H24ClN3O3. The third kappa shape index (κ3) is 5.24. The van der Waals surface area contributed by atoms with Gasteiger partial charge in [0.15, 0.2) is 0 Å². The lowest BCUT2D eigenvalue weighted by molar-refractivity contribution is -0.130. The molecule has 7 heteroatoms. The van der Waals surface area contributed by atoms with Crippen LogP contribution in [0.1, 0.15) is 15.9 Å². The molecule has 2 aromatic carbocycles. The average molecular weight is 402 g/mol. The first-order valence-electron chi connectivity index (χ1n) is 9.21. The van der Waals surface area contributed by atoms with Gasteiger partial charge in [0.05, 0.1) is 13.2 Å². The molecule has 0 aliphatic carbocycles. The topological polar surface area (TPSA) is 61.9 Å². The van der Waals surface area contributed by atoms with Crippen LogP contribution in [0.25, 0.3) is 0 Å². The Morgan fingerprint density at radius 1 is 1.07 bits per heavy atom. The number of piperazine rings is 1. The Balaban J connectivity index is 1.48. The van der Waals surface area contributed by atoms with Crippen molar-refractivity contribution in [1.29, 1.82) is 0 Å². The molecule has 0 spiro atoms. The van der Waals surface area contributed by atoms with E-state index < -0.39 is 0 Å². The van der Waals surface area contributed by atoms with Gasteiger partial charge < -0.3 is 19.9 Å². The number of carbonyl (C=O) groups excluding carboxylic acids is 2. The highest BCUT2D eigenvalue weighted by atomic mass is 35.5. The van der Waals surface area contributed by atoms with Crippen molar-refractivity contribution in [2.75, 3.05) is 44.7 Å². The molecule has 0 radical (unpaired) electrons. The monoisotopic (exact) mass is 401 g/mol. The Hall–Kier alpha value is -2.57. The molecule has 1 aliphatic rings. The average Bonchev–Trinajstić information content (AvgIpc) is 2.72. The second-order valence-corrected chi connectivity index (χ2v) is 7.10. The number of hydrogen-bond donors (Lipinski definition) is 1. The lowest BCUT2D eigenvalue weighted by Gasteiger charge is -2.36. The molecule has 6 nitrogen and oxygen atoms in total. The van der Waals surface area contributed by atoms with E-state index in [1.54, 1.807) is 30.2 Å². The van der Waals surface area contributed by atoms with Gasteiger partial charge in [-0.1, -0.05) is 29.8 Å². The molecule has 2 amide bonds. The van der Waals surface area contributed by atoms with Gasteiger partial charge in [0.1, 0.15) is 0 Å². The zero-order valence-electron chi connectivity index (χ0n) is 15.9. The minimum Gasteiger partial charge on any atom is -0.380 e. The van der Waals surface area contributed by atoms with E-state index in [4.69, 9.17) is 16.3 Å². The number of methoxy groups -OCH3 is 1. The number of carbonyl (C=O) groups is 2. The predicted octanol–water partition coefficient (Wildman–Crippen LogP) is 2.57. The Labute approximate surface area is 170 Å².